The third-order valence-corrected chi connectivity index (χ3v) is 6.10. The molecule has 0 heterocycles. The maximum atomic E-state index is 12.4. The molecule has 2 aromatic carbocycles. The van der Waals surface area contributed by atoms with E-state index in [1.165, 1.54) is 12.1 Å². The van der Waals surface area contributed by atoms with Crippen LogP contribution in [0.15, 0.2) is 41.3 Å². The van der Waals surface area contributed by atoms with E-state index in [4.69, 9.17) is 5.14 Å². The number of carbonyl (C=O) groups is 1. The van der Waals surface area contributed by atoms with Crippen LogP contribution in [0.25, 0.3) is 0 Å². The number of nitrogens with two attached hydrogens (primary N) is 1. The number of amides is 1. The second-order valence-electron chi connectivity index (χ2n) is 10.0. The van der Waals surface area contributed by atoms with Gasteiger partial charge < -0.3 is 10.4 Å². The van der Waals surface area contributed by atoms with Gasteiger partial charge in [-0.1, -0.05) is 65.8 Å². The van der Waals surface area contributed by atoms with Gasteiger partial charge in [-0.3, -0.25) is 4.79 Å². The van der Waals surface area contributed by atoms with Crippen LogP contribution in [0.4, 0.5) is 0 Å². The second-order valence-corrected chi connectivity index (χ2v) is 11.6. The number of hydrogen-bond acceptors (Lipinski definition) is 4. The Balaban J connectivity index is 2.07. The minimum absolute atomic E-state index is 0.0409. The van der Waals surface area contributed by atoms with E-state index in [9.17, 15) is 18.3 Å². The minimum Gasteiger partial charge on any atom is -0.507 e. The highest BCUT2D eigenvalue weighted by molar-refractivity contribution is 7.89. The molecule has 0 saturated heterocycles. The molecule has 0 aliphatic rings. The molecule has 31 heavy (non-hydrogen) atoms. The average molecular weight is 447 g/mol. The summed E-state index contributed by atoms with van der Waals surface area (Å²) in [5, 5.41) is 18.8. The predicted octanol–water partition coefficient (Wildman–Crippen LogP) is 3.88. The molecule has 0 fully saturated rings. The van der Waals surface area contributed by atoms with E-state index >= 15 is 0 Å². The van der Waals surface area contributed by atoms with Crippen LogP contribution in [-0.2, 0) is 38.6 Å². The van der Waals surface area contributed by atoms with Crippen LogP contribution in [0.2, 0.25) is 0 Å². The zero-order valence-electron chi connectivity index (χ0n) is 19.2. The smallest absolute Gasteiger partial charge is 0.238 e. The van der Waals surface area contributed by atoms with Crippen LogP contribution in [0, 0.1) is 0 Å². The lowest BCUT2D eigenvalue weighted by Gasteiger charge is -2.28. The molecule has 6 nitrogen and oxygen atoms in total. The first kappa shape index (κ1) is 24.9. The molecule has 0 aliphatic carbocycles. The Morgan fingerprint density at radius 1 is 0.935 bits per heavy atom. The molecule has 0 bridgehead atoms. The third-order valence-electron chi connectivity index (χ3n) is 5.17. The maximum Gasteiger partial charge on any atom is 0.238 e. The summed E-state index contributed by atoms with van der Waals surface area (Å²) in [6.07, 6.45) is 0.871. The average Bonchev–Trinajstić information content (AvgIpc) is 2.63. The van der Waals surface area contributed by atoms with Crippen molar-refractivity contribution < 1.29 is 18.3 Å². The summed E-state index contributed by atoms with van der Waals surface area (Å²) in [6.45, 7) is 12.7. The molecule has 2 aromatic rings. The van der Waals surface area contributed by atoms with Crippen molar-refractivity contribution in [2.24, 2.45) is 5.14 Å². The molecule has 0 saturated carbocycles. The number of carbonyl (C=O) groups excluding carboxylic acids is 1. The normalized spacial score (nSPS) is 12.6. The van der Waals surface area contributed by atoms with Gasteiger partial charge in [0, 0.05) is 13.0 Å². The van der Waals surface area contributed by atoms with Gasteiger partial charge in [-0.2, -0.15) is 0 Å². The quantitative estimate of drug-likeness (QED) is 0.625. The molecule has 170 valence electrons. The Hall–Kier alpha value is -2.38. The number of primary sulfonamides is 1. The number of aromatic hydroxyl groups is 1. The van der Waals surface area contributed by atoms with Gasteiger partial charge >= 0.3 is 0 Å². The van der Waals surface area contributed by atoms with Crippen molar-refractivity contribution in [1.82, 2.24) is 5.32 Å². The lowest BCUT2D eigenvalue weighted by Crippen LogP contribution is -2.23. The number of phenols is 1. The second kappa shape index (κ2) is 9.01. The first-order valence-electron chi connectivity index (χ1n) is 10.3. The summed E-state index contributed by atoms with van der Waals surface area (Å²) >= 11 is 0. The fraction of sp³-hybridized carbons (Fsp3) is 0.458. The number of benzene rings is 2. The lowest BCUT2D eigenvalue weighted by atomic mass is 9.78. The van der Waals surface area contributed by atoms with Gasteiger partial charge in [0.1, 0.15) is 5.75 Å². The fourth-order valence-corrected chi connectivity index (χ4v) is 3.84. The molecule has 0 spiro atoms. The molecule has 4 N–H and O–H groups in total. The molecular formula is C24H34N2O4S. The number of nitrogens with one attached hydrogen (secondary N) is 1. The van der Waals surface area contributed by atoms with Gasteiger partial charge in [0.15, 0.2) is 0 Å². The predicted molar refractivity (Wildman–Crippen MR) is 123 cm³/mol. The Morgan fingerprint density at radius 2 is 1.42 bits per heavy atom. The van der Waals surface area contributed by atoms with E-state index in [0.29, 0.717) is 25.1 Å². The van der Waals surface area contributed by atoms with Gasteiger partial charge in [0.25, 0.3) is 0 Å². The fourth-order valence-electron chi connectivity index (χ4n) is 3.33. The van der Waals surface area contributed by atoms with Crippen LogP contribution in [0.1, 0.15) is 70.2 Å². The SMILES string of the molecule is CC(C)(C)c1cc(CCC(=O)NCc2ccc(S(N)(=O)=O)cc2)cc(C(C)(C)C)c1O. The molecular weight excluding hydrogens is 412 g/mol. The van der Waals surface area contributed by atoms with Gasteiger partial charge in [0.2, 0.25) is 15.9 Å². The number of rotatable bonds is 6. The minimum atomic E-state index is -3.73. The van der Waals surface area contributed by atoms with E-state index in [0.717, 1.165) is 22.3 Å². The Bertz CT molecular complexity index is 1010. The third kappa shape index (κ3) is 6.80. The molecule has 0 aliphatic heterocycles. The van der Waals surface area contributed by atoms with E-state index in [1.54, 1.807) is 12.1 Å². The van der Waals surface area contributed by atoms with Crippen molar-refractivity contribution in [2.75, 3.05) is 0 Å². The van der Waals surface area contributed by atoms with Gasteiger partial charge in [-0.25, -0.2) is 13.6 Å². The number of sulfonamides is 1. The highest BCUT2D eigenvalue weighted by atomic mass is 32.2. The molecule has 7 heteroatoms. The Labute approximate surface area is 185 Å². The van der Waals surface area contributed by atoms with Crippen molar-refractivity contribution in [3.63, 3.8) is 0 Å². The number of hydrogen-bond donors (Lipinski definition) is 3. The van der Waals surface area contributed by atoms with Gasteiger partial charge in [-0.15, -0.1) is 0 Å². The van der Waals surface area contributed by atoms with Crippen molar-refractivity contribution >= 4 is 15.9 Å². The van der Waals surface area contributed by atoms with Crippen LogP contribution < -0.4 is 10.5 Å². The summed E-state index contributed by atoms with van der Waals surface area (Å²) in [4.78, 5) is 12.4. The van der Waals surface area contributed by atoms with Crippen LogP contribution in [0.3, 0.4) is 0 Å². The molecule has 1 amide bonds. The summed E-state index contributed by atoms with van der Waals surface area (Å²) < 4.78 is 22.6. The molecule has 0 aromatic heterocycles. The number of phenolic OH excluding ortho intramolecular Hbond substituents is 1. The first-order chi connectivity index (χ1) is 14.1. The molecule has 0 radical (unpaired) electrons. The van der Waals surface area contributed by atoms with Crippen molar-refractivity contribution in [3.8, 4) is 5.75 Å². The Kier molecular flexibility index (Phi) is 7.23. The van der Waals surface area contributed by atoms with Gasteiger partial charge in [-0.05, 0) is 51.6 Å². The summed E-state index contributed by atoms with van der Waals surface area (Å²) in [5.74, 6) is 0.231. The maximum absolute atomic E-state index is 12.4. The van der Waals surface area contributed by atoms with E-state index < -0.39 is 10.0 Å². The topological polar surface area (TPSA) is 109 Å². The van der Waals surface area contributed by atoms with Gasteiger partial charge in [0.05, 0.1) is 4.90 Å². The van der Waals surface area contributed by atoms with Crippen molar-refractivity contribution in [2.45, 2.75) is 76.7 Å². The van der Waals surface area contributed by atoms with E-state index in [2.05, 4.69) is 46.9 Å². The highest BCUT2D eigenvalue weighted by Gasteiger charge is 2.26. The monoisotopic (exact) mass is 446 g/mol. The zero-order chi connectivity index (χ0) is 23.6. The van der Waals surface area contributed by atoms with E-state index in [1.807, 2.05) is 12.1 Å². The zero-order valence-corrected chi connectivity index (χ0v) is 20.1. The summed E-state index contributed by atoms with van der Waals surface area (Å²) in [7, 11) is -3.73. The summed E-state index contributed by atoms with van der Waals surface area (Å²) in [5.41, 5.74) is 3.13. The number of aryl methyl sites for hydroxylation is 1. The molecule has 2 rings (SSSR count). The highest BCUT2D eigenvalue weighted by Crippen LogP contribution is 2.39. The summed E-state index contributed by atoms with van der Waals surface area (Å²) in [6, 6.07) is 10.1. The van der Waals surface area contributed by atoms with Crippen molar-refractivity contribution in [3.05, 3.63) is 58.7 Å². The molecule has 0 atom stereocenters. The first-order valence-corrected chi connectivity index (χ1v) is 11.9. The Morgan fingerprint density at radius 3 is 1.84 bits per heavy atom. The lowest BCUT2D eigenvalue weighted by molar-refractivity contribution is -0.121. The van der Waals surface area contributed by atoms with Crippen molar-refractivity contribution in [1.29, 1.82) is 0 Å². The standard InChI is InChI=1S/C24H34N2O4S/c1-23(2,3)19-13-17(14-20(22(19)28)24(4,5)6)9-12-21(27)26-15-16-7-10-18(11-8-16)31(25,29)30/h7-8,10-11,13-14,28H,9,12,15H2,1-6H3,(H,26,27)(H2,25,29,30). The molecule has 0 unspecified atom stereocenters. The van der Waals surface area contributed by atoms with E-state index in [-0.39, 0.29) is 21.6 Å². The van der Waals surface area contributed by atoms with Crippen LogP contribution in [-0.4, -0.2) is 19.4 Å². The largest absolute Gasteiger partial charge is 0.507 e. The van der Waals surface area contributed by atoms with Crippen LogP contribution in [0.5, 0.6) is 5.75 Å². The van der Waals surface area contributed by atoms with Crippen LogP contribution >= 0.6 is 0 Å².